The lowest BCUT2D eigenvalue weighted by Gasteiger charge is -2.39. The zero-order valence-corrected chi connectivity index (χ0v) is 25.5. The Morgan fingerprint density at radius 2 is 1.57 bits per heavy atom. The summed E-state index contributed by atoms with van der Waals surface area (Å²) in [5.41, 5.74) is -4.77. The molecule has 20 heteroatoms. The molecule has 5 rings (SSSR count). The van der Waals surface area contributed by atoms with Crippen LogP contribution in [0.3, 0.4) is 0 Å². The van der Waals surface area contributed by atoms with Gasteiger partial charge >= 0.3 is 24.6 Å². The third-order valence-corrected chi connectivity index (χ3v) is 8.94. The number of aliphatic hydroxyl groups is 5. The molecular formula is C29H28F8N2O9S. The molecule has 3 heterocycles. The van der Waals surface area contributed by atoms with E-state index >= 15 is 0 Å². The van der Waals surface area contributed by atoms with Crippen LogP contribution >= 0.6 is 11.3 Å². The molecule has 6 atom stereocenters. The zero-order valence-electron chi connectivity index (χ0n) is 24.7. The Bertz CT molecular complexity index is 1560. The maximum absolute atomic E-state index is 13.6. The molecule has 11 nitrogen and oxygen atoms in total. The molecule has 3 aromatic rings. The number of aliphatic hydroxyl groups excluding tert-OH is 4. The fraction of sp³-hybridized carbons (Fsp3) is 0.517. The van der Waals surface area contributed by atoms with Crippen LogP contribution in [0, 0.1) is 0 Å². The average molecular weight is 733 g/mol. The van der Waals surface area contributed by atoms with Gasteiger partial charge in [-0.1, -0.05) is 12.1 Å². The minimum Gasteiger partial charge on any atom is -0.487 e. The molecule has 0 amide bonds. The molecule has 1 aromatic carbocycles. The SMILES string of the molecule is OCC1O[C@@H](Oc2ccc(C[C@@H](c3ccc(OC(F)F)c(OC4CC4)c3)c3cnc(C(O)(C(F)(F)F)C(F)(F)F)s3)cn2)[C@H](O)C(O)[C@@H]1O. The first-order valence-corrected chi connectivity index (χ1v) is 15.2. The summed E-state index contributed by atoms with van der Waals surface area (Å²) in [6.07, 6.45) is -17.7. The molecule has 2 aromatic heterocycles. The first kappa shape index (κ1) is 36.9. The topological polar surface area (TPSA) is 164 Å². The minimum atomic E-state index is -6.18. The third-order valence-electron chi connectivity index (χ3n) is 7.72. The number of nitrogens with zero attached hydrogens (tertiary/aromatic N) is 2. The number of benzene rings is 1. The molecule has 1 aliphatic carbocycles. The van der Waals surface area contributed by atoms with E-state index in [1.54, 1.807) is 0 Å². The molecule has 0 spiro atoms. The van der Waals surface area contributed by atoms with Crippen molar-refractivity contribution in [1.29, 1.82) is 0 Å². The smallest absolute Gasteiger partial charge is 0.433 e. The molecule has 49 heavy (non-hydrogen) atoms. The van der Waals surface area contributed by atoms with Crippen molar-refractivity contribution in [3.63, 3.8) is 0 Å². The van der Waals surface area contributed by atoms with Gasteiger partial charge in [0.1, 0.15) is 29.4 Å². The second-order valence-corrected chi connectivity index (χ2v) is 12.3. The Hall–Kier alpha value is -3.40. The Morgan fingerprint density at radius 3 is 2.14 bits per heavy atom. The molecular weight excluding hydrogens is 704 g/mol. The van der Waals surface area contributed by atoms with E-state index in [4.69, 9.17) is 14.2 Å². The van der Waals surface area contributed by atoms with Crippen molar-refractivity contribution in [2.24, 2.45) is 0 Å². The van der Waals surface area contributed by atoms with Gasteiger partial charge < -0.3 is 44.5 Å². The number of thiazole rings is 1. The minimum absolute atomic E-state index is 0.0551. The summed E-state index contributed by atoms with van der Waals surface area (Å²) in [7, 11) is 0. The first-order chi connectivity index (χ1) is 22.9. The molecule has 1 saturated carbocycles. The summed E-state index contributed by atoms with van der Waals surface area (Å²) >= 11 is -0.0551. The Kier molecular flexibility index (Phi) is 10.6. The normalized spacial score (nSPS) is 24.2. The van der Waals surface area contributed by atoms with E-state index in [9.17, 15) is 60.7 Å². The van der Waals surface area contributed by atoms with Crippen molar-refractivity contribution in [2.45, 2.75) is 86.6 Å². The van der Waals surface area contributed by atoms with Crippen LogP contribution in [0.5, 0.6) is 17.4 Å². The molecule has 2 unspecified atom stereocenters. The lowest BCUT2D eigenvalue weighted by atomic mass is 9.91. The van der Waals surface area contributed by atoms with Crippen molar-refractivity contribution in [3.8, 4) is 17.4 Å². The van der Waals surface area contributed by atoms with Crippen molar-refractivity contribution in [1.82, 2.24) is 9.97 Å². The van der Waals surface area contributed by atoms with E-state index in [2.05, 4.69) is 14.7 Å². The van der Waals surface area contributed by atoms with Crippen LogP contribution in [0.25, 0.3) is 0 Å². The number of halogens is 8. The maximum atomic E-state index is 13.6. The highest BCUT2D eigenvalue weighted by molar-refractivity contribution is 7.11. The highest BCUT2D eigenvalue weighted by Gasteiger charge is 2.73. The van der Waals surface area contributed by atoms with Crippen LogP contribution in [-0.4, -0.2) is 97.9 Å². The van der Waals surface area contributed by atoms with Gasteiger partial charge in [0.05, 0.1) is 12.7 Å². The number of alkyl halides is 8. The van der Waals surface area contributed by atoms with Gasteiger partial charge in [0, 0.05) is 29.3 Å². The van der Waals surface area contributed by atoms with Crippen molar-refractivity contribution < 1.29 is 79.6 Å². The zero-order chi connectivity index (χ0) is 35.9. The number of rotatable bonds is 12. The average Bonchev–Trinajstić information content (AvgIpc) is 3.71. The van der Waals surface area contributed by atoms with Crippen LogP contribution in [0.15, 0.2) is 42.7 Å². The van der Waals surface area contributed by atoms with Crippen molar-refractivity contribution in [2.75, 3.05) is 6.61 Å². The van der Waals surface area contributed by atoms with Gasteiger partial charge in [-0.05, 0) is 42.5 Å². The summed E-state index contributed by atoms with van der Waals surface area (Å²) in [6.45, 7) is -3.95. The van der Waals surface area contributed by atoms with Gasteiger partial charge in [-0.3, -0.25) is 0 Å². The molecule has 0 radical (unpaired) electrons. The van der Waals surface area contributed by atoms with Gasteiger partial charge in [-0.2, -0.15) is 35.1 Å². The second-order valence-electron chi connectivity index (χ2n) is 11.3. The van der Waals surface area contributed by atoms with Crippen LogP contribution in [0.2, 0.25) is 0 Å². The van der Waals surface area contributed by atoms with E-state index in [0.717, 1.165) is 12.3 Å². The highest BCUT2D eigenvalue weighted by Crippen LogP contribution is 2.52. The summed E-state index contributed by atoms with van der Waals surface area (Å²) in [4.78, 5) is 7.19. The maximum Gasteiger partial charge on any atom is 0.433 e. The Balaban J connectivity index is 1.48. The summed E-state index contributed by atoms with van der Waals surface area (Å²) in [5.74, 6) is -1.77. The summed E-state index contributed by atoms with van der Waals surface area (Å²) < 4.78 is 129. The molecule has 1 saturated heterocycles. The monoisotopic (exact) mass is 732 g/mol. The van der Waals surface area contributed by atoms with Gasteiger partial charge in [0.2, 0.25) is 12.2 Å². The van der Waals surface area contributed by atoms with Gasteiger partial charge in [0.25, 0.3) is 0 Å². The lowest BCUT2D eigenvalue weighted by Crippen LogP contribution is -2.60. The fourth-order valence-corrected chi connectivity index (χ4v) is 6.09. The quantitative estimate of drug-likeness (QED) is 0.173. The van der Waals surface area contributed by atoms with E-state index in [1.807, 2.05) is 0 Å². The van der Waals surface area contributed by atoms with E-state index in [1.165, 1.54) is 30.5 Å². The van der Waals surface area contributed by atoms with Gasteiger partial charge in [0.15, 0.2) is 11.5 Å². The molecule has 270 valence electrons. The summed E-state index contributed by atoms with van der Waals surface area (Å²) in [6, 6.07) is 6.32. The van der Waals surface area contributed by atoms with Crippen LogP contribution in [-0.2, 0) is 16.8 Å². The second kappa shape index (κ2) is 14.1. The molecule has 0 bridgehead atoms. The van der Waals surface area contributed by atoms with Crippen LogP contribution in [0.4, 0.5) is 35.1 Å². The van der Waals surface area contributed by atoms with Crippen LogP contribution < -0.4 is 14.2 Å². The van der Waals surface area contributed by atoms with E-state index in [0.29, 0.717) is 18.4 Å². The number of pyridine rings is 1. The predicted octanol–water partition coefficient (Wildman–Crippen LogP) is 3.55. The highest BCUT2D eigenvalue weighted by atomic mass is 32.1. The molecule has 2 aliphatic rings. The van der Waals surface area contributed by atoms with Crippen LogP contribution in [0.1, 0.15) is 39.8 Å². The third kappa shape index (κ3) is 7.84. The molecule has 1 aliphatic heterocycles. The number of ether oxygens (including phenoxy) is 4. The van der Waals surface area contributed by atoms with Gasteiger partial charge in [-0.15, -0.1) is 11.3 Å². The Labute approximate surface area is 275 Å². The predicted molar refractivity (Wildman–Crippen MR) is 149 cm³/mol. The Morgan fingerprint density at radius 1 is 0.878 bits per heavy atom. The fourth-order valence-electron chi connectivity index (χ4n) is 4.91. The standard InChI is InChI=1S/C29H28F8N2O9S/c30-26(31)47-16-5-2-13(8-17(16)45-14-3-4-14)15(19-10-39-25(49-19)27(44,28(32,33)34)29(35,36)37)7-12-1-6-20(38-9-12)48-24-23(43)22(42)21(41)18(11-40)46-24/h1-2,5-6,8-10,14-15,18,21-24,26,40-44H,3-4,7,11H2/t15-,18?,21+,22?,23+,24-/m0/s1. The van der Waals surface area contributed by atoms with Crippen molar-refractivity contribution >= 4 is 11.3 Å². The number of hydrogen-bond acceptors (Lipinski definition) is 12. The summed E-state index contributed by atoms with van der Waals surface area (Å²) in [5, 5.41) is 47.8. The number of aromatic nitrogens is 2. The van der Waals surface area contributed by atoms with Crippen molar-refractivity contribution in [3.05, 3.63) is 63.7 Å². The lowest BCUT2D eigenvalue weighted by molar-refractivity contribution is -0.376. The van der Waals surface area contributed by atoms with E-state index < -0.39 is 72.8 Å². The van der Waals surface area contributed by atoms with E-state index in [-0.39, 0.29) is 51.7 Å². The largest absolute Gasteiger partial charge is 0.487 e. The van der Waals surface area contributed by atoms with Gasteiger partial charge in [-0.25, -0.2) is 9.97 Å². The number of hydrogen-bond donors (Lipinski definition) is 5. The first-order valence-electron chi connectivity index (χ1n) is 14.4. The molecule has 5 N–H and O–H groups in total. The molecule has 2 fully saturated rings.